The lowest BCUT2D eigenvalue weighted by Crippen LogP contribution is -2.08. The van der Waals surface area contributed by atoms with Crippen LogP contribution in [0.4, 0.5) is 4.39 Å². The molecule has 0 aliphatic heterocycles. The molecule has 0 spiro atoms. The molecule has 2 rings (SSSR count). The molecule has 1 saturated carbocycles. The van der Waals surface area contributed by atoms with Gasteiger partial charge in [0, 0.05) is 0 Å². The van der Waals surface area contributed by atoms with Crippen LogP contribution in [0.5, 0.6) is 0 Å². The summed E-state index contributed by atoms with van der Waals surface area (Å²) in [5.74, 6) is 0.700. The van der Waals surface area contributed by atoms with Crippen molar-refractivity contribution < 1.29 is 4.39 Å². The first kappa shape index (κ1) is 14.8. The summed E-state index contributed by atoms with van der Waals surface area (Å²) in [5.41, 5.74) is 3.11. The zero-order valence-electron chi connectivity index (χ0n) is 12.0. The molecule has 1 fully saturated rings. The van der Waals surface area contributed by atoms with Gasteiger partial charge in [0.05, 0.1) is 5.38 Å². The van der Waals surface area contributed by atoms with E-state index in [-0.39, 0.29) is 11.2 Å². The Morgan fingerprint density at radius 3 is 2.32 bits per heavy atom. The Hall–Kier alpha value is -0.560. The molecule has 1 aromatic rings. The lowest BCUT2D eigenvalue weighted by atomic mass is 9.85. The third kappa shape index (κ3) is 3.95. The Morgan fingerprint density at radius 1 is 1.16 bits per heavy atom. The van der Waals surface area contributed by atoms with Gasteiger partial charge in [-0.25, -0.2) is 4.39 Å². The molecule has 19 heavy (non-hydrogen) atoms. The lowest BCUT2D eigenvalue weighted by Gasteiger charge is -2.23. The summed E-state index contributed by atoms with van der Waals surface area (Å²) in [6.07, 6.45) is 9.12. The number of alkyl halides is 1. The van der Waals surface area contributed by atoms with Crippen LogP contribution in [0.2, 0.25) is 0 Å². The van der Waals surface area contributed by atoms with Gasteiger partial charge >= 0.3 is 0 Å². The van der Waals surface area contributed by atoms with Gasteiger partial charge in [0.1, 0.15) is 5.82 Å². The summed E-state index contributed by atoms with van der Waals surface area (Å²) in [6.45, 7) is 3.92. The Morgan fingerprint density at radius 2 is 1.74 bits per heavy atom. The van der Waals surface area contributed by atoms with Crippen LogP contribution in [0.3, 0.4) is 0 Å². The van der Waals surface area contributed by atoms with Gasteiger partial charge in [-0.05, 0) is 61.4 Å². The second-order valence-electron chi connectivity index (χ2n) is 6.00. The molecular formula is C17H24ClF. The molecule has 0 amide bonds. The van der Waals surface area contributed by atoms with E-state index in [0.29, 0.717) is 0 Å². The maximum Gasteiger partial charge on any atom is 0.123 e. The van der Waals surface area contributed by atoms with Crippen LogP contribution in [0.1, 0.15) is 67.0 Å². The van der Waals surface area contributed by atoms with Crippen LogP contribution in [0, 0.1) is 25.6 Å². The highest BCUT2D eigenvalue weighted by Crippen LogP contribution is 2.35. The topological polar surface area (TPSA) is 0 Å². The largest absolute Gasteiger partial charge is 0.207 e. The molecule has 0 aromatic heterocycles. The summed E-state index contributed by atoms with van der Waals surface area (Å²) in [5, 5.41) is 0.0301. The van der Waals surface area contributed by atoms with Gasteiger partial charge < -0.3 is 0 Å². The highest BCUT2D eigenvalue weighted by molar-refractivity contribution is 6.21. The molecular weight excluding hydrogens is 259 g/mol. The first-order valence-corrected chi connectivity index (χ1v) is 7.92. The number of hydrogen-bond acceptors (Lipinski definition) is 0. The number of aryl methyl sites for hydroxylation is 2. The molecule has 2 heteroatoms. The van der Waals surface area contributed by atoms with Crippen LogP contribution in [-0.2, 0) is 0 Å². The number of halogens is 2. The second-order valence-corrected chi connectivity index (χ2v) is 6.53. The maximum atomic E-state index is 13.3. The average Bonchev–Trinajstić information content (AvgIpc) is 2.36. The van der Waals surface area contributed by atoms with E-state index in [9.17, 15) is 4.39 Å². The highest BCUT2D eigenvalue weighted by Gasteiger charge is 2.18. The first-order chi connectivity index (χ1) is 9.08. The van der Waals surface area contributed by atoms with Crippen molar-refractivity contribution in [3.8, 4) is 0 Å². The smallest absolute Gasteiger partial charge is 0.123 e. The molecule has 0 bridgehead atoms. The van der Waals surface area contributed by atoms with E-state index in [1.165, 1.54) is 38.5 Å². The maximum absolute atomic E-state index is 13.3. The van der Waals surface area contributed by atoms with E-state index in [4.69, 9.17) is 11.6 Å². The van der Waals surface area contributed by atoms with Gasteiger partial charge in [0.25, 0.3) is 0 Å². The van der Waals surface area contributed by atoms with Crippen molar-refractivity contribution in [2.45, 2.75) is 64.2 Å². The predicted octanol–water partition coefficient (Wildman–Crippen LogP) is 6.08. The van der Waals surface area contributed by atoms with Crippen LogP contribution in [0.15, 0.2) is 12.1 Å². The van der Waals surface area contributed by atoms with Crippen molar-refractivity contribution in [3.05, 3.63) is 34.6 Å². The summed E-state index contributed by atoms with van der Waals surface area (Å²) < 4.78 is 13.3. The third-order valence-electron chi connectivity index (χ3n) is 4.42. The van der Waals surface area contributed by atoms with Crippen molar-refractivity contribution >= 4 is 11.6 Å². The average molecular weight is 283 g/mol. The minimum absolute atomic E-state index is 0.0301. The Bertz CT molecular complexity index is 398. The van der Waals surface area contributed by atoms with Crippen molar-refractivity contribution in [2.75, 3.05) is 0 Å². The van der Waals surface area contributed by atoms with Gasteiger partial charge in [-0.15, -0.1) is 11.6 Å². The molecule has 0 radical (unpaired) electrons. The fourth-order valence-corrected chi connectivity index (χ4v) is 3.89. The van der Waals surface area contributed by atoms with Gasteiger partial charge in [0.2, 0.25) is 0 Å². The molecule has 0 nitrogen and oxygen atoms in total. The monoisotopic (exact) mass is 282 g/mol. The fourth-order valence-electron chi connectivity index (χ4n) is 3.42. The fraction of sp³-hybridized carbons (Fsp3) is 0.647. The molecule has 1 aliphatic carbocycles. The molecule has 1 unspecified atom stereocenters. The van der Waals surface area contributed by atoms with E-state index < -0.39 is 0 Å². The summed E-state index contributed by atoms with van der Waals surface area (Å²) in [4.78, 5) is 0. The molecule has 1 aliphatic rings. The lowest BCUT2D eigenvalue weighted by molar-refractivity contribution is 0.331. The standard InChI is InChI=1S/C17H24ClF/c1-12-10-15(19)11-13(2)17(12)16(18)9-8-14-6-4-3-5-7-14/h10-11,14,16H,3-9H2,1-2H3. The highest BCUT2D eigenvalue weighted by atomic mass is 35.5. The predicted molar refractivity (Wildman–Crippen MR) is 80.3 cm³/mol. The summed E-state index contributed by atoms with van der Waals surface area (Å²) in [7, 11) is 0. The van der Waals surface area contributed by atoms with Crippen molar-refractivity contribution in [1.82, 2.24) is 0 Å². The van der Waals surface area contributed by atoms with Crippen molar-refractivity contribution in [2.24, 2.45) is 5.92 Å². The SMILES string of the molecule is Cc1cc(F)cc(C)c1C(Cl)CCC1CCCCC1. The van der Waals surface area contributed by atoms with Crippen LogP contribution < -0.4 is 0 Å². The van der Waals surface area contributed by atoms with E-state index in [0.717, 1.165) is 29.0 Å². The van der Waals surface area contributed by atoms with Crippen LogP contribution in [0.25, 0.3) is 0 Å². The molecule has 0 heterocycles. The van der Waals surface area contributed by atoms with Gasteiger partial charge in [-0.2, -0.15) is 0 Å². The van der Waals surface area contributed by atoms with E-state index in [1.54, 1.807) is 12.1 Å². The quantitative estimate of drug-likeness (QED) is 0.587. The van der Waals surface area contributed by atoms with Crippen LogP contribution >= 0.6 is 11.6 Å². The van der Waals surface area contributed by atoms with Crippen LogP contribution in [-0.4, -0.2) is 0 Å². The minimum Gasteiger partial charge on any atom is -0.207 e. The molecule has 0 saturated heterocycles. The summed E-state index contributed by atoms with van der Waals surface area (Å²) >= 11 is 6.57. The Kier molecular flexibility index (Phi) is 5.27. The third-order valence-corrected chi connectivity index (χ3v) is 4.86. The van der Waals surface area contributed by atoms with Gasteiger partial charge in [0.15, 0.2) is 0 Å². The molecule has 106 valence electrons. The molecule has 1 aromatic carbocycles. The summed E-state index contributed by atoms with van der Waals surface area (Å²) in [6, 6.07) is 3.19. The van der Waals surface area contributed by atoms with E-state index in [2.05, 4.69) is 0 Å². The zero-order valence-corrected chi connectivity index (χ0v) is 12.8. The Labute approximate surface area is 121 Å². The first-order valence-electron chi connectivity index (χ1n) is 7.48. The molecule has 1 atom stereocenters. The zero-order chi connectivity index (χ0) is 13.8. The van der Waals surface area contributed by atoms with Crippen molar-refractivity contribution in [1.29, 1.82) is 0 Å². The Balaban J connectivity index is 1.97. The minimum atomic E-state index is -0.158. The second kappa shape index (κ2) is 6.74. The number of hydrogen-bond donors (Lipinski definition) is 0. The molecule has 0 N–H and O–H groups in total. The van der Waals surface area contributed by atoms with E-state index in [1.807, 2.05) is 13.8 Å². The van der Waals surface area contributed by atoms with Gasteiger partial charge in [-0.3, -0.25) is 0 Å². The van der Waals surface area contributed by atoms with E-state index >= 15 is 0 Å². The van der Waals surface area contributed by atoms with Gasteiger partial charge in [-0.1, -0.05) is 32.1 Å². The van der Waals surface area contributed by atoms with Crippen molar-refractivity contribution in [3.63, 3.8) is 0 Å². The number of benzene rings is 1. The number of rotatable bonds is 4. The normalized spacial score (nSPS) is 18.5.